The van der Waals surface area contributed by atoms with Crippen LogP contribution in [0.1, 0.15) is 12.5 Å². The molecule has 0 saturated carbocycles. The molecule has 8 heteroatoms. The summed E-state index contributed by atoms with van der Waals surface area (Å²) in [5, 5.41) is 11.1. The van der Waals surface area contributed by atoms with Crippen molar-refractivity contribution in [3.63, 3.8) is 0 Å². The third kappa shape index (κ3) is 4.21. The number of carbonyl (C=O) groups is 1. The molecular formula is C22H20ClN5O2. The fraction of sp³-hybridized carbons (Fsp3) is 0.136. The van der Waals surface area contributed by atoms with Crippen LogP contribution in [0.25, 0.3) is 11.0 Å². The van der Waals surface area contributed by atoms with Crippen LogP contribution < -0.4 is 15.4 Å². The molecule has 2 N–H and O–H groups in total. The molecule has 1 amide bonds. The van der Waals surface area contributed by atoms with Crippen LogP contribution in [0, 0.1) is 0 Å². The van der Waals surface area contributed by atoms with E-state index in [1.54, 1.807) is 25.4 Å². The number of fused-ring (bicyclic) bond motifs is 1. The average Bonchev–Trinajstić information content (AvgIpc) is 3.08. The lowest BCUT2D eigenvalue weighted by molar-refractivity contribution is -0.114. The lowest BCUT2D eigenvalue weighted by Crippen LogP contribution is -2.06. The number of anilines is 3. The molecule has 0 aliphatic rings. The van der Waals surface area contributed by atoms with Crippen molar-refractivity contribution in [1.29, 1.82) is 0 Å². The van der Waals surface area contributed by atoms with Crippen LogP contribution in [0.5, 0.6) is 5.75 Å². The molecule has 7 nitrogen and oxygen atoms in total. The van der Waals surface area contributed by atoms with Crippen molar-refractivity contribution < 1.29 is 9.53 Å². The molecule has 0 bridgehead atoms. The van der Waals surface area contributed by atoms with E-state index in [0.717, 1.165) is 28.0 Å². The summed E-state index contributed by atoms with van der Waals surface area (Å²) in [6.07, 6.45) is 1.74. The van der Waals surface area contributed by atoms with Crippen molar-refractivity contribution in [3.8, 4) is 5.75 Å². The number of nitrogens with zero attached hydrogens (tertiary/aromatic N) is 3. The standard InChI is InChI=1S/C22H20ClN5O2/c1-14(29)25-19-10-7-16(12-18(19)23)26-22-21-20(4-3-11-24-21)28(27-22)13-15-5-8-17(30-2)9-6-15/h3-12H,13H2,1-2H3,(H,25,29)(H,26,27). The monoisotopic (exact) mass is 421 g/mol. The van der Waals surface area contributed by atoms with Crippen LogP contribution in [0.4, 0.5) is 17.2 Å². The highest BCUT2D eigenvalue weighted by molar-refractivity contribution is 6.34. The number of halogens is 1. The first-order chi connectivity index (χ1) is 14.5. The molecule has 0 saturated heterocycles. The second-order valence-corrected chi connectivity index (χ2v) is 7.13. The van der Waals surface area contributed by atoms with Gasteiger partial charge >= 0.3 is 0 Å². The van der Waals surface area contributed by atoms with Crippen molar-refractivity contribution >= 4 is 45.7 Å². The number of amides is 1. The lowest BCUT2D eigenvalue weighted by atomic mass is 10.2. The molecule has 4 rings (SSSR count). The van der Waals surface area contributed by atoms with Gasteiger partial charge in [0.25, 0.3) is 0 Å². The summed E-state index contributed by atoms with van der Waals surface area (Å²) in [4.78, 5) is 15.8. The minimum atomic E-state index is -0.176. The normalized spacial score (nSPS) is 10.8. The maximum absolute atomic E-state index is 11.3. The number of rotatable bonds is 6. The summed E-state index contributed by atoms with van der Waals surface area (Å²) in [5.41, 5.74) is 4.07. The highest BCUT2D eigenvalue weighted by Gasteiger charge is 2.13. The van der Waals surface area contributed by atoms with Crippen LogP contribution in [-0.2, 0) is 11.3 Å². The van der Waals surface area contributed by atoms with E-state index in [0.29, 0.717) is 23.1 Å². The van der Waals surface area contributed by atoms with E-state index in [9.17, 15) is 4.79 Å². The van der Waals surface area contributed by atoms with E-state index in [2.05, 4.69) is 15.6 Å². The molecule has 0 aliphatic heterocycles. The lowest BCUT2D eigenvalue weighted by Gasteiger charge is -2.08. The fourth-order valence-electron chi connectivity index (χ4n) is 3.14. The number of methoxy groups -OCH3 is 1. The van der Waals surface area contributed by atoms with Gasteiger partial charge in [-0.1, -0.05) is 23.7 Å². The van der Waals surface area contributed by atoms with E-state index in [1.165, 1.54) is 6.92 Å². The summed E-state index contributed by atoms with van der Waals surface area (Å²) in [6.45, 7) is 2.03. The fourth-order valence-corrected chi connectivity index (χ4v) is 3.37. The molecule has 0 radical (unpaired) electrons. The highest BCUT2D eigenvalue weighted by Crippen LogP contribution is 2.29. The minimum absolute atomic E-state index is 0.176. The molecule has 0 aliphatic carbocycles. The number of ether oxygens (including phenoxy) is 1. The van der Waals surface area contributed by atoms with Crippen LogP contribution >= 0.6 is 11.6 Å². The highest BCUT2D eigenvalue weighted by atomic mass is 35.5. The predicted octanol–water partition coefficient (Wildman–Crippen LogP) is 4.84. The Morgan fingerprint density at radius 2 is 1.97 bits per heavy atom. The smallest absolute Gasteiger partial charge is 0.221 e. The van der Waals surface area contributed by atoms with Gasteiger partial charge in [-0.2, -0.15) is 5.10 Å². The van der Waals surface area contributed by atoms with E-state index < -0.39 is 0 Å². The Morgan fingerprint density at radius 3 is 2.67 bits per heavy atom. The van der Waals surface area contributed by atoms with Gasteiger partial charge in [0.15, 0.2) is 5.82 Å². The van der Waals surface area contributed by atoms with Crippen LogP contribution in [0.15, 0.2) is 60.8 Å². The summed E-state index contributed by atoms with van der Waals surface area (Å²) >= 11 is 6.29. The number of benzene rings is 2. The van der Waals surface area contributed by atoms with Crippen molar-refractivity contribution in [2.45, 2.75) is 13.5 Å². The number of hydrogen-bond acceptors (Lipinski definition) is 5. The molecule has 0 unspecified atom stereocenters. The summed E-state index contributed by atoms with van der Waals surface area (Å²) in [6, 6.07) is 17.1. The summed E-state index contributed by atoms with van der Waals surface area (Å²) in [5.74, 6) is 1.26. The van der Waals surface area contributed by atoms with Crippen LogP contribution in [-0.4, -0.2) is 27.8 Å². The minimum Gasteiger partial charge on any atom is -0.497 e. The largest absolute Gasteiger partial charge is 0.497 e. The van der Waals surface area contributed by atoms with Gasteiger partial charge in [0, 0.05) is 18.8 Å². The SMILES string of the molecule is COc1ccc(Cn2nc(Nc3ccc(NC(C)=O)c(Cl)c3)c3ncccc32)cc1. The molecule has 2 heterocycles. The van der Waals surface area contributed by atoms with Crippen molar-refractivity contribution in [2.75, 3.05) is 17.7 Å². The van der Waals surface area contributed by atoms with Gasteiger partial charge in [0.1, 0.15) is 11.3 Å². The zero-order valence-corrected chi connectivity index (χ0v) is 17.3. The second kappa shape index (κ2) is 8.42. The topological polar surface area (TPSA) is 81.1 Å². The van der Waals surface area contributed by atoms with Gasteiger partial charge in [-0.3, -0.25) is 14.5 Å². The third-order valence-electron chi connectivity index (χ3n) is 4.54. The molecule has 0 atom stereocenters. The first kappa shape index (κ1) is 19.7. The maximum atomic E-state index is 11.3. The number of hydrogen-bond donors (Lipinski definition) is 2. The van der Waals surface area contributed by atoms with E-state index in [-0.39, 0.29) is 5.91 Å². The van der Waals surface area contributed by atoms with Gasteiger partial charge in [-0.05, 0) is 48.0 Å². The Bertz CT molecular complexity index is 1200. The van der Waals surface area contributed by atoms with Gasteiger partial charge in [-0.25, -0.2) is 0 Å². The summed E-state index contributed by atoms with van der Waals surface area (Å²) < 4.78 is 7.13. The van der Waals surface area contributed by atoms with Crippen molar-refractivity contribution in [3.05, 3.63) is 71.4 Å². The molecule has 152 valence electrons. The molecule has 4 aromatic rings. The zero-order chi connectivity index (χ0) is 21.1. The number of pyridine rings is 1. The van der Waals surface area contributed by atoms with Gasteiger partial charge in [0.05, 0.1) is 29.9 Å². The van der Waals surface area contributed by atoms with Crippen molar-refractivity contribution in [2.24, 2.45) is 0 Å². The second-order valence-electron chi connectivity index (χ2n) is 6.73. The predicted molar refractivity (Wildman–Crippen MR) is 119 cm³/mol. The number of nitrogens with one attached hydrogen (secondary N) is 2. The Labute approximate surface area is 178 Å². The number of carbonyl (C=O) groups excluding carboxylic acids is 1. The first-order valence-corrected chi connectivity index (χ1v) is 9.70. The third-order valence-corrected chi connectivity index (χ3v) is 4.86. The Hall–Kier alpha value is -3.58. The van der Waals surface area contributed by atoms with Gasteiger partial charge in [0.2, 0.25) is 5.91 Å². The molecule has 2 aromatic heterocycles. The quantitative estimate of drug-likeness (QED) is 0.465. The van der Waals surface area contributed by atoms with Gasteiger partial charge in [-0.15, -0.1) is 0 Å². The maximum Gasteiger partial charge on any atom is 0.221 e. The molecular weight excluding hydrogens is 402 g/mol. The first-order valence-electron chi connectivity index (χ1n) is 9.32. The van der Waals surface area contributed by atoms with Crippen LogP contribution in [0.2, 0.25) is 5.02 Å². The Kier molecular flexibility index (Phi) is 5.54. The van der Waals surface area contributed by atoms with Crippen LogP contribution in [0.3, 0.4) is 0 Å². The number of aromatic nitrogens is 3. The summed E-state index contributed by atoms with van der Waals surface area (Å²) in [7, 11) is 1.65. The molecule has 2 aromatic carbocycles. The molecule has 0 fully saturated rings. The Balaban J connectivity index is 1.63. The van der Waals surface area contributed by atoms with Crippen molar-refractivity contribution in [1.82, 2.24) is 14.8 Å². The average molecular weight is 422 g/mol. The van der Waals surface area contributed by atoms with E-state index in [4.69, 9.17) is 21.4 Å². The zero-order valence-electron chi connectivity index (χ0n) is 16.5. The van der Waals surface area contributed by atoms with Gasteiger partial charge < -0.3 is 15.4 Å². The van der Waals surface area contributed by atoms with E-state index in [1.807, 2.05) is 47.1 Å². The molecule has 0 spiro atoms. The molecule has 30 heavy (non-hydrogen) atoms. The van der Waals surface area contributed by atoms with E-state index >= 15 is 0 Å². The Morgan fingerprint density at radius 1 is 1.17 bits per heavy atom.